The molecule has 0 aliphatic rings. The maximum absolute atomic E-state index is 5.55. The van der Waals surface area contributed by atoms with E-state index in [-0.39, 0.29) is 0 Å². The van der Waals surface area contributed by atoms with E-state index < -0.39 is 0 Å². The van der Waals surface area contributed by atoms with Gasteiger partial charge in [-0.25, -0.2) is 4.99 Å². The molecule has 0 fully saturated rings. The summed E-state index contributed by atoms with van der Waals surface area (Å²) in [6.07, 6.45) is 6.35. The van der Waals surface area contributed by atoms with Crippen molar-refractivity contribution in [3.8, 4) is 0 Å². The van der Waals surface area contributed by atoms with Crippen molar-refractivity contribution < 1.29 is 9.15 Å². The summed E-state index contributed by atoms with van der Waals surface area (Å²) in [4.78, 5) is 4.54. The second kappa shape index (κ2) is 9.68. The van der Waals surface area contributed by atoms with Gasteiger partial charge in [-0.3, -0.25) is 4.68 Å². The van der Waals surface area contributed by atoms with E-state index in [1.54, 1.807) is 10.9 Å². The molecule has 2 N–H and O–H groups in total. The molecular weight excluding hydrogens is 294 g/mol. The highest BCUT2D eigenvalue weighted by Gasteiger charge is 1.99. The first-order chi connectivity index (χ1) is 11.3. The Morgan fingerprint density at radius 1 is 1.43 bits per heavy atom. The summed E-state index contributed by atoms with van der Waals surface area (Å²) in [5, 5.41) is 10.7. The minimum atomic E-state index is 0.516. The molecule has 2 aromatic rings. The van der Waals surface area contributed by atoms with Gasteiger partial charge in [0.2, 0.25) is 0 Å². The van der Waals surface area contributed by atoms with Gasteiger partial charge in [0.05, 0.1) is 19.0 Å². The fourth-order valence-corrected chi connectivity index (χ4v) is 2.01. The lowest BCUT2D eigenvalue weighted by atomic mass is 10.4. The largest absolute Gasteiger partial charge is 0.467 e. The summed E-state index contributed by atoms with van der Waals surface area (Å²) >= 11 is 0. The second-order valence-electron chi connectivity index (χ2n) is 5.13. The molecule has 0 saturated heterocycles. The van der Waals surface area contributed by atoms with Gasteiger partial charge in [-0.15, -0.1) is 0 Å². The number of aryl methyl sites for hydroxylation is 1. The van der Waals surface area contributed by atoms with Crippen LogP contribution in [0.1, 0.15) is 24.7 Å². The normalized spacial score (nSPS) is 11.7. The van der Waals surface area contributed by atoms with Crippen molar-refractivity contribution in [1.82, 2.24) is 20.4 Å². The molecule has 0 aliphatic heterocycles. The molecule has 0 unspecified atom stereocenters. The van der Waals surface area contributed by atoms with Gasteiger partial charge in [0.25, 0.3) is 0 Å². The highest BCUT2D eigenvalue weighted by atomic mass is 16.5. The molecule has 0 amide bonds. The first-order valence-corrected chi connectivity index (χ1v) is 7.87. The van der Waals surface area contributed by atoms with Crippen molar-refractivity contribution >= 4 is 5.96 Å². The topological polar surface area (TPSA) is 76.6 Å². The summed E-state index contributed by atoms with van der Waals surface area (Å²) in [6.45, 7) is 5.48. The molecule has 126 valence electrons. The molecule has 7 nitrogen and oxygen atoms in total. The minimum absolute atomic E-state index is 0.516. The highest BCUT2D eigenvalue weighted by Crippen LogP contribution is 2.01. The molecule has 23 heavy (non-hydrogen) atoms. The zero-order chi connectivity index (χ0) is 16.3. The van der Waals surface area contributed by atoms with Gasteiger partial charge in [0, 0.05) is 38.5 Å². The van der Waals surface area contributed by atoms with Crippen LogP contribution in [0.2, 0.25) is 0 Å². The van der Waals surface area contributed by atoms with E-state index in [0.717, 1.165) is 36.8 Å². The minimum Gasteiger partial charge on any atom is -0.467 e. The Morgan fingerprint density at radius 2 is 2.35 bits per heavy atom. The Bertz CT molecular complexity index is 577. The van der Waals surface area contributed by atoms with Crippen LogP contribution in [-0.4, -0.2) is 35.4 Å². The first-order valence-electron chi connectivity index (χ1n) is 7.87. The maximum Gasteiger partial charge on any atom is 0.191 e. The lowest BCUT2D eigenvalue weighted by Crippen LogP contribution is -2.38. The number of rotatable bonds is 9. The van der Waals surface area contributed by atoms with Crippen molar-refractivity contribution in [2.75, 3.05) is 19.7 Å². The van der Waals surface area contributed by atoms with Gasteiger partial charge in [0.1, 0.15) is 12.4 Å². The quantitative estimate of drug-likeness (QED) is 0.418. The van der Waals surface area contributed by atoms with Crippen LogP contribution in [0.3, 0.4) is 0 Å². The van der Waals surface area contributed by atoms with Gasteiger partial charge in [0.15, 0.2) is 5.96 Å². The Hall–Kier alpha value is -2.28. The SMILES string of the molecule is CCNC(=NCc1cnn(C)c1)NCCCOCc1ccco1. The lowest BCUT2D eigenvalue weighted by molar-refractivity contribution is 0.105. The molecule has 2 rings (SSSR count). The van der Waals surface area contributed by atoms with Gasteiger partial charge in [-0.05, 0) is 25.5 Å². The number of nitrogens with zero attached hydrogens (tertiary/aromatic N) is 3. The van der Waals surface area contributed by atoms with E-state index in [1.165, 1.54) is 0 Å². The number of hydrogen-bond donors (Lipinski definition) is 2. The molecule has 0 bridgehead atoms. The van der Waals surface area contributed by atoms with Crippen LogP contribution < -0.4 is 10.6 Å². The lowest BCUT2D eigenvalue weighted by Gasteiger charge is -2.11. The van der Waals surface area contributed by atoms with Gasteiger partial charge < -0.3 is 19.8 Å². The summed E-state index contributed by atoms with van der Waals surface area (Å²) in [7, 11) is 1.90. The molecule has 0 atom stereocenters. The van der Waals surface area contributed by atoms with Crippen LogP contribution in [0, 0.1) is 0 Å². The van der Waals surface area contributed by atoms with Crippen LogP contribution in [0.5, 0.6) is 0 Å². The predicted octanol–water partition coefficient (Wildman–Crippen LogP) is 1.68. The number of ether oxygens (including phenoxy) is 1. The van der Waals surface area contributed by atoms with E-state index >= 15 is 0 Å². The number of aromatic nitrogens is 2. The monoisotopic (exact) mass is 319 g/mol. The molecular formula is C16H25N5O2. The van der Waals surface area contributed by atoms with Crippen molar-refractivity contribution in [2.45, 2.75) is 26.5 Å². The second-order valence-corrected chi connectivity index (χ2v) is 5.13. The first kappa shape index (κ1) is 17.1. The third-order valence-corrected chi connectivity index (χ3v) is 3.10. The van der Waals surface area contributed by atoms with E-state index in [2.05, 4.69) is 20.7 Å². The molecule has 7 heteroatoms. The zero-order valence-corrected chi connectivity index (χ0v) is 13.8. The number of guanidine groups is 1. The van der Waals surface area contributed by atoms with Crippen LogP contribution in [0.25, 0.3) is 0 Å². The number of furan rings is 1. The Kier molecular flexibility index (Phi) is 7.19. The maximum atomic E-state index is 5.55. The standard InChI is InChI=1S/C16H25N5O2/c1-3-17-16(19-10-14-11-20-21(2)12-14)18-7-5-8-22-13-15-6-4-9-23-15/h4,6,9,11-12H,3,5,7-8,10,13H2,1-2H3,(H2,17,18,19). The Balaban J connectivity index is 1.63. The summed E-state index contributed by atoms with van der Waals surface area (Å²) in [6, 6.07) is 3.77. The van der Waals surface area contributed by atoms with Gasteiger partial charge >= 0.3 is 0 Å². The number of nitrogens with one attached hydrogen (secondary N) is 2. The van der Waals surface area contributed by atoms with Crippen molar-refractivity contribution in [3.05, 3.63) is 42.1 Å². The summed E-state index contributed by atoms with van der Waals surface area (Å²) < 4.78 is 12.5. The fourth-order valence-electron chi connectivity index (χ4n) is 2.01. The van der Waals surface area contributed by atoms with Crippen LogP contribution in [-0.2, 0) is 24.9 Å². The molecule has 0 spiro atoms. The van der Waals surface area contributed by atoms with E-state index in [4.69, 9.17) is 9.15 Å². The average molecular weight is 319 g/mol. The molecule has 0 saturated carbocycles. The van der Waals surface area contributed by atoms with Crippen molar-refractivity contribution in [2.24, 2.45) is 12.0 Å². The third-order valence-electron chi connectivity index (χ3n) is 3.10. The fraction of sp³-hybridized carbons (Fsp3) is 0.500. The molecule has 0 aliphatic carbocycles. The third kappa shape index (κ3) is 6.56. The molecule has 0 aromatic carbocycles. The highest BCUT2D eigenvalue weighted by molar-refractivity contribution is 5.79. The zero-order valence-electron chi connectivity index (χ0n) is 13.8. The van der Waals surface area contributed by atoms with Crippen LogP contribution in [0.15, 0.2) is 40.2 Å². The predicted molar refractivity (Wildman–Crippen MR) is 89.0 cm³/mol. The Morgan fingerprint density at radius 3 is 3.04 bits per heavy atom. The van der Waals surface area contributed by atoms with Gasteiger partial charge in [-0.2, -0.15) is 5.10 Å². The van der Waals surface area contributed by atoms with E-state index in [1.807, 2.05) is 38.5 Å². The van der Waals surface area contributed by atoms with E-state index in [9.17, 15) is 0 Å². The number of aliphatic imine (C=N–C) groups is 1. The molecule has 2 heterocycles. The Labute approximate surface area is 136 Å². The van der Waals surface area contributed by atoms with Crippen molar-refractivity contribution in [1.29, 1.82) is 0 Å². The smallest absolute Gasteiger partial charge is 0.191 e. The average Bonchev–Trinajstić information content (AvgIpc) is 3.19. The number of hydrogen-bond acceptors (Lipinski definition) is 4. The van der Waals surface area contributed by atoms with Crippen LogP contribution >= 0.6 is 0 Å². The van der Waals surface area contributed by atoms with Crippen molar-refractivity contribution in [3.63, 3.8) is 0 Å². The van der Waals surface area contributed by atoms with Crippen LogP contribution in [0.4, 0.5) is 0 Å². The summed E-state index contributed by atoms with van der Waals surface area (Å²) in [5.74, 6) is 1.66. The molecule has 2 aromatic heterocycles. The summed E-state index contributed by atoms with van der Waals surface area (Å²) in [5.41, 5.74) is 1.09. The van der Waals surface area contributed by atoms with E-state index in [0.29, 0.717) is 19.8 Å². The van der Waals surface area contributed by atoms with Gasteiger partial charge in [-0.1, -0.05) is 0 Å². The molecule has 0 radical (unpaired) electrons.